The molecule has 0 amide bonds. The summed E-state index contributed by atoms with van der Waals surface area (Å²) in [4.78, 5) is 11.3. The highest BCUT2D eigenvalue weighted by Crippen LogP contribution is 2.29. The summed E-state index contributed by atoms with van der Waals surface area (Å²) in [6, 6.07) is 11.4. The van der Waals surface area contributed by atoms with Crippen LogP contribution in [-0.2, 0) is 16.6 Å². The Bertz CT molecular complexity index is 994. The van der Waals surface area contributed by atoms with Crippen molar-refractivity contribution in [1.82, 2.24) is 4.72 Å². The van der Waals surface area contributed by atoms with Gasteiger partial charge >= 0.3 is 0 Å². The molecule has 2 aromatic heterocycles. The van der Waals surface area contributed by atoms with Crippen molar-refractivity contribution in [3.63, 3.8) is 0 Å². The number of aliphatic hydroxyl groups excluding tert-OH is 1. The van der Waals surface area contributed by atoms with Gasteiger partial charge in [-0.25, -0.2) is 13.1 Å². The minimum atomic E-state index is -3.80. The Morgan fingerprint density at radius 1 is 1.19 bits per heavy atom. The standard InChI is InChI=1S/C16H14N2O6S2/c19-16(14-2-1-9-24-14)15-8-5-12(25-15)10-17-26(22,23)13-6-3-11(4-7-13)18(20)21/h1-9,16-17,19H,10H2. The molecule has 0 spiro atoms. The zero-order valence-electron chi connectivity index (χ0n) is 13.2. The summed E-state index contributed by atoms with van der Waals surface area (Å²) < 4.78 is 32.1. The van der Waals surface area contributed by atoms with Crippen molar-refractivity contribution >= 4 is 27.0 Å². The van der Waals surface area contributed by atoms with E-state index in [1.54, 1.807) is 24.3 Å². The number of hydrogen-bond donors (Lipinski definition) is 2. The van der Waals surface area contributed by atoms with E-state index < -0.39 is 21.1 Å². The number of sulfonamides is 1. The first-order valence-corrected chi connectivity index (χ1v) is 9.71. The molecule has 0 saturated heterocycles. The summed E-state index contributed by atoms with van der Waals surface area (Å²) in [5.41, 5.74) is -0.182. The maximum Gasteiger partial charge on any atom is 0.269 e. The fraction of sp³-hybridized carbons (Fsp3) is 0.125. The molecule has 1 unspecified atom stereocenters. The highest BCUT2D eigenvalue weighted by Gasteiger charge is 2.18. The van der Waals surface area contributed by atoms with Crippen molar-refractivity contribution in [3.05, 3.63) is 80.4 Å². The van der Waals surface area contributed by atoms with Crippen molar-refractivity contribution in [1.29, 1.82) is 0 Å². The van der Waals surface area contributed by atoms with Gasteiger partial charge in [-0.15, -0.1) is 11.3 Å². The van der Waals surface area contributed by atoms with E-state index in [9.17, 15) is 23.6 Å². The van der Waals surface area contributed by atoms with E-state index >= 15 is 0 Å². The molecule has 2 heterocycles. The molecule has 3 aromatic rings. The number of nitrogens with one attached hydrogen (secondary N) is 1. The molecule has 0 fully saturated rings. The zero-order chi connectivity index (χ0) is 18.7. The van der Waals surface area contributed by atoms with Crippen LogP contribution in [0.4, 0.5) is 5.69 Å². The fourth-order valence-electron chi connectivity index (χ4n) is 2.22. The first-order chi connectivity index (χ1) is 12.4. The number of rotatable bonds is 7. The van der Waals surface area contributed by atoms with E-state index in [4.69, 9.17) is 4.42 Å². The van der Waals surface area contributed by atoms with Crippen LogP contribution in [0.25, 0.3) is 0 Å². The average Bonchev–Trinajstić information content (AvgIpc) is 3.31. The second-order valence-electron chi connectivity index (χ2n) is 5.30. The second-order valence-corrected chi connectivity index (χ2v) is 8.26. The van der Waals surface area contributed by atoms with Crippen LogP contribution in [0.5, 0.6) is 0 Å². The topological polar surface area (TPSA) is 123 Å². The summed E-state index contributed by atoms with van der Waals surface area (Å²) in [5.74, 6) is 0.407. The van der Waals surface area contributed by atoms with Crippen molar-refractivity contribution < 1.29 is 22.9 Å². The molecular formula is C16H14N2O6S2. The molecule has 1 aromatic carbocycles. The lowest BCUT2D eigenvalue weighted by Gasteiger charge is -2.06. The Morgan fingerprint density at radius 3 is 2.54 bits per heavy atom. The summed E-state index contributed by atoms with van der Waals surface area (Å²) in [6.07, 6.45) is 0.556. The van der Waals surface area contributed by atoms with Gasteiger partial charge in [0.2, 0.25) is 10.0 Å². The zero-order valence-corrected chi connectivity index (χ0v) is 14.9. The van der Waals surface area contributed by atoms with E-state index in [1.165, 1.54) is 29.7 Å². The first-order valence-electron chi connectivity index (χ1n) is 7.41. The largest absolute Gasteiger partial charge is 0.466 e. The van der Waals surface area contributed by atoms with Gasteiger partial charge < -0.3 is 9.52 Å². The van der Waals surface area contributed by atoms with E-state index in [2.05, 4.69) is 4.72 Å². The van der Waals surface area contributed by atoms with E-state index in [0.29, 0.717) is 15.5 Å². The Balaban J connectivity index is 1.67. The Morgan fingerprint density at radius 2 is 1.92 bits per heavy atom. The molecule has 136 valence electrons. The van der Waals surface area contributed by atoms with Crippen molar-refractivity contribution in [2.75, 3.05) is 0 Å². The van der Waals surface area contributed by atoms with Gasteiger partial charge in [0.15, 0.2) is 0 Å². The molecule has 26 heavy (non-hydrogen) atoms. The fourth-order valence-corrected chi connectivity index (χ4v) is 4.26. The van der Waals surface area contributed by atoms with E-state index in [-0.39, 0.29) is 17.1 Å². The lowest BCUT2D eigenvalue weighted by atomic mass is 10.2. The molecule has 10 heteroatoms. The third-order valence-corrected chi connectivity index (χ3v) is 6.11. The summed E-state index contributed by atoms with van der Waals surface area (Å²) in [7, 11) is -3.80. The van der Waals surface area contributed by atoms with Gasteiger partial charge in [-0.3, -0.25) is 10.1 Å². The van der Waals surface area contributed by atoms with Crippen LogP contribution in [0.2, 0.25) is 0 Å². The molecule has 0 aliphatic carbocycles. The van der Waals surface area contributed by atoms with Crippen LogP contribution in [0.1, 0.15) is 21.6 Å². The minimum Gasteiger partial charge on any atom is -0.466 e. The van der Waals surface area contributed by atoms with Crippen LogP contribution in [0.15, 0.2) is 64.1 Å². The number of nitro groups is 1. The summed E-state index contributed by atoms with van der Waals surface area (Å²) >= 11 is 1.26. The van der Waals surface area contributed by atoms with Crippen LogP contribution in [0, 0.1) is 10.1 Å². The van der Waals surface area contributed by atoms with Crippen LogP contribution in [0.3, 0.4) is 0 Å². The van der Waals surface area contributed by atoms with Crippen molar-refractivity contribution in [2.45, 2.75) is 17.5 Å². The Labute approximate surface area is 152 Å². The molecule has 8 nitrogen and oxygen atoms in total. The number of benzene rings is 1. The van der Waals surface area contributed by atoms with Gasteiger partial charge in [0, 0.05) is 28.4 Å². The maximum absolute atomic E-state index is 12.3. The van der Waals surface area contributed by atoms with Gasteiger partial charge in [0.1, 0.15) is 11.9 Å². The molecule has 2 N–H and O–H groups in total. The maximum atomic E-state index is 12.3. The van der Waals surface area contributed by atoms with Crippen LogP contribution in [-0.4, -0.2) is 18.4 Å². The first kappa shape index (κ1) is 18.3. The quantitative estimate of drug-likeness (QED) is 0.469. The van der Waals surface area contributed by atoms with Crippen molar-refractivity contribution in [2.24, 2.45) is 0 Å². The molecule has 3 rings (SSSR count). The third kappa shape index (κ3) is 3.99. The molecule has 0 bridgehead atoms. The number of thiophene rings is 1. The number of nitrogens with zero attached hydrogens (tertiary/aromatic N) is 1. The predicted molar refractivity (Wildman–Crippen MR) is 94.2 cm³/mol. The van der Waals surface area contributed by atoms with E-state index in [0.717, 1.165) is 12.1 Å². The second kappa shape index (κ2) is 7.38. The van der Waals surface area contributed by atoms with Crippen LogP contribution < -0.4 is 4.72 Å². The monoisotopic (exact) mass is 394 g/mol. The average molecular weight is 394 g/mol. The van der Waals surface area contributed by atoms with E-state index in [1.807, 2.05) is 0 Å². The number of furan rings is 1. The van der Waals surface area contributed by atoms with Crippen LogP contribution >= 0.6 is 11.3 Å². The Kier molecular flexibility index (Phi) is 5.18. The van der Waals surface area contributed by atoms with Crippen molar-refractivity contribution in [3.8, 4) is 0 Å². The predicted octanol–water partition coefficient (Wildman–Crippen LogP) is 2.81. The van der Waals surface area contributed by atoms with Gasteiger partial charge in [-0.2, -0.15) is 0 Å². The van der Waals surface area contributed by atoms with Gasteiger partial charge in [-0.1, -0.05) is 0 Å². The van der Waals surface area contributed by atoms with Gasteiger partial charge in [-0.05, 0) is 36.4 Å². The smallest absolute Gasteiger partial charge is 0.269 e. The SMILES string of the molecule is O=[N+]([O-])c1ccc(S(=O)(=O)NCc2ccc(C(O)c3ccco3)s2)cc1. The molecule has 0 aliphatic heterocycles. The third-order valence-electron chi connectivity index (χ3n) is 3.56. The molecule has 1 atom stereocenters. The molecular weight excluding hydrogens is 380 g/mol. The highest BCUT2D eigenvalue weighted by atomic mass is 32.2. The lowest BCUT2D eigenvalue weighted by molar-refractivity contribution is -0.384. The molecule has 0 aliphatic rings. The van der Waals surface area contributed by atoms with Gasteiger partial charge in [0.05, 0.1) is 16.1 Å². The molecule has 0 radical (unpaired) electrons. The minimum absolute atomic E-state index is 0.0366. The highest BCUT2D eigenvalue weighted by molar-refractivity contribution is 7.89. The number of non-ortho nitro benzene ring substituents is 1. The summed E-state index contributed by atoms with van der Waals surface area (Å²) in [6.45, 7) is 0.0366. The number of hydrogen-bond acceptors (Lipinski definition) is 7. The summed E-state index contributed by atoms with van der Waals surface area (Å²) in [5, 5.41) is 20.8. The lowest BCUT2D eigenvalue weighted by Crippen LogP contribution is -2.22. The normalized spacial score (nSPS) is 12.8. The Hall–Kier alpha value is -2.53. The number of aliphatic hydroxyl groups is 1. The van der Waals surface area contributed by atoms with Gasteiger partial charge in [0.25, 0.3) is 5.69 Å². The number of nitro benzene ring substituents is 1. The molecule has 0 saturated carbocycles.